The molecule has 226 valence electrons. The van der Waals surface area contributed by atoms with Crippen molar-refractivity contribution in [2.75, 3.05) is 5.88 Å². The minimum Gasteiger partial charge on any atom is -0.508 e. The van der Waals surface area contributed by atoms with Crippen LogP contribution in [0.15, 0.2) is 72.8 Å². The van der Waals surface area contributed by atoms with Crippen LogP contribution in [0.5, 0.6) is 5.75 Å². The fourth-order valence-corrected chi connectivity index (χ4v) is 7.27. The van der Waals surface area contributed by atoms with Crippen molar-refractivity contribution in [1.29, 1.82) is 0 Å². The number of thioether (sulfide) groups is 1. The molecule has 3 aromatic carbocycles. The van der Waals surface area contributed by atoms with E-state index in [1.807, 2.05) is 62.4 Å². The Kier molecular flexibility index (Phi) is 9.13. The van der Waals surface area contributed by atoms with Gasteiger partial charge in [0.05, 0.1) is 18.0 Å². The maximum Gasteiger partial charge on any atom is 0.254 e. The van der Waals surface area contributed by atoms with Gasteiger partial charge in [0.2, 0.25) is 5.91 Å². The Bertz CT molecular complexity index is 1490. The van der Waals surface area contributed by atoms with Gasteiger partial charge in [-0.25, -0.2) is 0 Å². The van der Waals surface area contributed by atoms with Crippen LogP contribution in [0.1, 0.15) is 65.3 Å². The van der Waals surface area contributed by atoms with Gasteiger partial charge in [0.25, 0.3) is 11.8 Å². The first-order valence-corrected chi connectivity index (χ1v) is 15.7. The van der Waals surface area contributed by atoms with Gasteiger partial charge < -0.3 is 25.7 Å². The number of fused-ring (bicyclic) bond motifs is 1. The van der Waals surface area contributed by atoms with Crippen LogP contribution in [0.2, 0.25) is 0 Å². The average molecular weight is 602 g/mol. The number of phenols is 1. The lowest BCUT2D eigenvalue weighted by molar-refractivity contribution is -0.147. The van der Waals surface area contributed by atoms with Gasteiger partial charge in [-0.2, -0.15) is 0 Å². The highest BCUT2D eigenvalue weighted by atomic mass is 32.2. The third-order valence-electron chi connectivity index (χ3n) is 8.56. The molecular weight excluding hydrogens is 562 g/mol. The fraction of sp³-hybridized carbons (Fsp3) is 0.382. The van der Waals surface area contributed by atoms with E-state index in [1.165, 1.54) is 28.3 Å². The van der Waals surface area contributed by atoms with Crippen molar-refractivity contribution in [2.24, 2.45) is 0 Å². The van der Waals surface area contributed by atoms with Gasteiger partial charge >= 0.3 is 0 Å². The Balaban J connectivity index is 1.38. The Labute approximate surface area is 256 Å². The summed E-state index contributed by atoms with van der Waals surface area (Å²) in [6, 6.07) is 20.1. The summed E-state index contributed by atoms with van der Waals surface area (Å²) >= 11 is 1.49. The van der Waals surface area contributed by atoms with E-state index in [2.05, 4.69) is 16.7 Å². The highest BCUT2D eigenvalue weighted by molar-refractivity contribution is 8.00. The molecule has 2 aliphatic rings. The number of aliphatic hydroxyl groups excluding tert-OH is 1. The summed E-state index contributed by atoms with van der Waals surface area (Å²) in [5.41, 5.74) is 3.81. The molecular formula is C34H39N3O5S. The number of nitrogens with zero attached hydrogens (tertiary/aromatic N) is 1. The molecule has 0 unspecified atom stereocenters. The third-order valence-corrected chi connectivity index (χ3v) is 9.94. The molecule has 1 aliphatic carbocycles. The number of carbonyl (C=O) groups excluding carboxylic acids is 3. The fourth-order valence-electron chi connectivity index (χ4n) is 6.13. The van der Waals surface area contributed by atoms with E-state index in [4.69, 9.17) is 0 Å². The van der Waals surface area contributed by atoms with Crippen molar-refractivity contribution < 1.29 is 24.6 Å². The minimum absolute atomic E-state index is 0.0188. The molecule has 3 aromatic rings. The van der Waals surface area contributed by atoms with Crippen LogP contribution >= 0.6 is 11.8 Å². The lowest BCUT2D eigenvalue weighted by Gasteiger charge is -2.35. The van der Waals surface area contributed by atoms with Gasteiger partial charge in [-0.05, 0) is 75.3 Å². The second kappa shape index (κ2) is 12.8. The molecule has 4 N–H and O–H groups in total. The predicted molar refractivity (Wildman–Crippen MR) is 168 cm³/mol. The standard InChI is InChI=1S/C34H39N3O5S/c1-21-24(16-10-18-28(21)38)31(40)36-27(19-22-11-5-4-6-12-22)29(39)33(42)37-20-43-34(2,3)30(37)32(41)35-26-17-9-14-23-13-7-8-15-25(23)26/h4-8,10-13,15-16,18,26-27,29-30,38-39H,9,14,17,19-20H2,1-3H3,(H,35,41)(H,36,40)/t26-,27-,29-,30-/m0/s1. The molecule has 8 nitrogen and oxygen atoms in total. The van der Waals surface area contributed by atoms with E-state index >= 15 is 0 Å². The van der Waals surface area contributed by atoms with Crippen molar-refractivity contribution >= 4 is 29.5 Å². The second-order valence-corrected chi connectivity index (χ2v) is 13.5. The summed E-state index contributed by atoms with van der Waals surface area (Å²) in [7, 11) is 0. The summed E-state index contributed by atoms with van der Waals surface area (Å²) in [6.45, 7) is 5.50. The lowest BCUT2D eigenvalue weighted by atomic mass is 9.87. The van der Waals surface area contributed by atoms with E-state index in [1.54, 1.807) is 19.1 Å². The van der Waals surface area contributed by atoms with Gasteiger partial charge in [-0.1, -0.05) is 60.7 Å². The lowest BCUT2D eigenvalue weighted by Crippen LogP contribution is -2.59. The van der Waals surface area contributed by atoms with Crippen LogP contribution in [-0.4, -0.2) is 61.6 Å². The Morgan fingerprint density at radius 2 is 1.74 bits per heavy atom. The van der Waals surface area contributed by atoms with Crippen LogP contribution in [0.4, 0.5) is 0 Å². The number of hydrogen-bond donors (Lipinski definition) is 4. The van der Waals surface area contributed by atoms with E-state index in [-0.39, 0.29) is 35.6 Å². The highest BCUT2D eigenvalue weighted by Crippen LogP contribution is 2.40. The van der Waals surface area contributed by atoms with Crippen molar-refractivity contribution in [1.82, 2.24) is 15.5 Å². The molecule has 4 atom stereocenters. The largest absolute Gasteiger partial charge is 0.508 e. The Morgan fingerprint density at radius 3 is 2.51 bits per heavy atom. The molecule has 1 saturated heterocycles. The number of phenolic OH excluding ortho intramolecular Hbond substituents is 1. The number of rotatable bonds is 8. The molecule has 43 heavy (non-hydrogen) atoms. The van der Waals surface area contributed by atoms with Crippen LogP contribution in [0, 0.1) is 6.92 Å². The number of amides is 3. The zero-order chi connectivity index (χ0) is 30.7. The summed E-state index contributed by atoms with van der Waals surface area (Å²) in [5, 5.41) is 27.7. The summed E-state index contributed by atoms with van der Waals surface area (Å²) in [4.78, 5) is 42.7. The molecule has 0 radical (unpaired) electrons. The summed E-state index contributed by atoms with van der Waals surface area (Å²) in [6.07, 6.45) is 1.34. The second-order valence-electron chi connectivity index (χ2n) is 11.9. The van der Waals surface area contributed by atoms with Crippen LogP contribution < -0.4 is 10.6 Å². The monoisotopic (exact) mass is 601 g/mol. The van der Waals surface area contributed by atoms with Gasteiger partial charge in [0.1, 0.15) is 11.8 Å². The SMILES string of the molecule is Cc1c(O)cccc1C(=O)N[C@@H](Cc1ccccc1)[C@H](O)C(=O)N1CSC(C)(C)[C@@H]1C(=O)N[C@H]1CCCc2ccccc21. The normalized spacial score (nSPS) is 20.5. The first-order valence-electron chi connectivity index (χ1n) is 14.7. The predicted octanol–water partition coefficient (Wildman–Crippen LogP) is 4.28. The van der Waals surface area contributed by atoms with E-state index in [0.717, 1.165) is 30.4 Å². The molecule has 9 heteroatoms. The van der Waals surface area contributed by atoms with Gasteiger partial charge in [-0.3, -0.25) is 14.4 Å². The molecule has 1 aliphatic heterocycles. The Morgan fingerprint density at radius 1 is 1.02 bits per heavy atom. The number of hydrogen-bond acceptors (Lipinski definition) is 6. The van der Waals surface area contributed by atoms with Crippen molar-refractivity contribution in [3.8, 4) is 5.75 Å². The average Bonchev–Trinajstić information content (AvgIpc) is 3.32. The number of aliphatic hydroxyl groups is 1. The van der Waals surface area contributed by atoms with E-state index in [9.17, 15) is 24.6 Å². The third kappa shape index (κ3) is 6.58. The number of nitrogens with one attached hydrogen (secondary N) is 2. The van der Waals surface area contributed by atoms with E-state index in [0.29, 0.717) is 5.56 Å². The maximum atomic E-state index is 14.0. The molecule has 0 saturated carbocycles. The first kappa shape index (κ1) is 30.6. The topological polar surface area (TPSA) is 119 Å². The zero-order valence-corrected chi connectivity index (χ0v) is 25.6. The zero-order valence-electron chi connectivity index (χ0n) is 24.7. The maximum absolute atomic E-state index is 14.0. The first-order chi connectivity index (χ1) is 20.6. The minimum atomic E-state index is -1.61. The van der Waals surface area contributed by atoms with Crippen molar-refractivity contribution in [2.45, 2.75) is 75.4 Å². The van der Waals surface area contributed by atoms with Crippen molar-refractivity contribution in [3.05, 3.63) is 101 Å². The van der Waals surface area contributed by atoms with Crippen LogP contribution in [0.3, 0.4) is 0 Å². The molecule has 5 rings (SSSR count). The molecule has 1 heterocycles. The molecule has 1 fully saturated rings. The van der Waals surface area contributed by atoms with Gasteiger partial charge in [0, 0.05) is 15.9 Å². The number of aromatic hydroxyl groups is 1. The summed E-state index contributed by atoms with van der Waals surface area (Å²) < 4.78 is -0.593. The molecule has 0 spiro atoms. The quantitative estimate of drug-likeness (QED) is 0.306. The molecule has 0 bridgehead atoms. The summed E-state index contributed by atoms with van der Waals surface area (Å²) in [5.74, 6) is -1.16. The number of carbonyl (C=O) groups is 3. The van der Waals surface area contributed by atoms with Crippen LogP contribution in [0.25, 0.3) is 0 Å². The molecule has 3 amide bonds. The smallest absolute Gasteiger partial charge is 0.254 e. The van der Waals surface area contributed by atoms with Crippen LogP contribution in [-0.2, 0) is 22.4 Å². The van der Waals surface area contributed by atoms with Gasteiger partial charge in [0.15, 0.2) is 6.10 Å². The molecule has 0 aromatic heterocycles. The van der Waals surface area contributed by atoms with Gasteiger partial charge in [-0.15, -0.1) is 11.8 Å². The number of aryl methyl sites for hydroxylation is 1. The van der Waals surface area contributed by atoms with Crippen molar-refractivity contribution in [3.63, 3.8) is 0 Å². The number of benzene rings is 3. The highest BCUT2D eigenvalue weighted by Gasteiger charge is 2.50. The van der Waals surface area contributed by atoms with E-state index < -0.39 is 34.7 Å². The Hall–Kier alpha value is -3.82.